The summed E-state index contributed by atoms with van der Waals surface area (Å²) in [6.07, 6.45) is -0.233. The fraction of sp³-hybridized carbons (Fsp3) is 0.400. The molecule has 32 heavy (non-hydrogen) atoms. The molecule has 7 heteroatoms. The quantitative estimate of drug-likeness (QED) is 0.550. The zero-order chi connectivity index (χ0) is 23.3. The third-order valence-corrected chi connectivity index (χ3v) is 6.03. The Morgan fingerprint density at radius 2 is 1.50 bits per heavy atom. The van der Waals surface area contributed by atoms with Gasteiger partial charge in [0.15, 0.2) is 0 Å². The fourth-order valence-electron chi connectivity index (χ4n) is 3.96. The molecule has 2 amide bonds. The molecule has 0 spiro atoms. The number of benzene rings is 2. The number of carbonyl (C=O) groups excluding carboxylic acids is 2. The Morgan fingerprint density at radius 3 is 2.06 bits per heavy atom. The number of rotatable bonds is 9. The summed E-state index contributed by atoms with van der Waals surface area (Å²) in [6.45, 7) is 5.43. The Kier molecular flexibility index (Phi) is 7.51. The van der Waals surface area contributed by atoms with E-state index in [-0.39, 0.29) is 30.9 Å². The van der Waals surface area contributed by atoms with Crippen molar-refractivity contribution in [3.63, 3.8) is 0 Å². The first-order valence-corrected chi connectivity index (χ1v) is 10.9. The third kappa shape index (κ3) is 5.46. The van der Waals surface area contributed by atoms with Crippen molar-refractivity contribution in [2.45, 2.75) is 51.6 Å². The van der Waals surface area contributed by atoms with Gasteiger partial charge in [0, 0.05) is 24.4 Å². The number of carboxylic acid groups (broad SMARTS) is 1. The highest BCUT2D eigenvalue weighted by atomic mass is 16.5. The summed E-state index contributed by atoms with van der Waals surface area (Å²) in [4.78, 5) is 35.5. The van der Waals surface area contributed by atoms with Crippen molar-refractivity contribution >= 4 is 18.0 Å². The van der Waals surface area contributed by atoms with E-state index >= 15 is 0 Å². The van der Waals surface area contributed by atoms with Gasteiger partial charge in [-0.3, -0.25) is 9.59 Å². The van der Waals surface area contributed by atoms with Crippen LogP contribution in [0.2, 0.25) is 0 Å². The lowest BCUT2D eigenvalue weighted by Crippen LogP contribution is -2.46. The van der Waals surface area contributed by atoms with Gasteiger partial charge in [-0.1, -0.05) is 55.5 Å². The molecule has 0 fully saturated rings. The van der Waals surface area contributed by atoms with Crippen LogP contribution in [-0.2, 0) is 14.3 Å². The lowest BCUT2D eigenvalue weighted by atomic mass is 9.98. The number of hydrogen-bond acceptors (Lipinski definition) is 4. The first-order chi connectivity index (χ1) is 15.3. The molecule has 3 unspecified atom stereocenters. The maximum absolute atomic E-state index is 12.4. The molecule has 3 N–H and O–H groups in total. The van der Waals surface area contributed by atoms with Crippen molar-refractivity contribution in [2.75, 3.05) is 6.61 Å². The highest BCUT2D eigenvalue weighted by Crippen LogP contribution is 2.44. The molecule has 0 radical (unpaired) electrons. The zero-order valence-electron chi connectivity index (χ0n) is 18.6. The van der Waals surface area contributed by atoms with E-state index in [2.05, 4.69) is 34.9 Å². The molecule has 7 nitrogen and oxygen atoms in total. The van der Waals surface area contributed by atoms with Gasteiger partial charge in [0.2, 0.25) is 5.91 Å². The lowest BCUT2D eigenvalue weighted by molar-refractivity contribution is -0.137. The number of alkyl carbamates (subject to hydrolysis) is 1. The smallest absolute Gasteiger partial charge is 0.407 e. The van der Waals surface area contributed by atoms with E-state index in [0.29, 0.717) is 6.42 Å². The molecule has 0 aliphatic heterocycles. The van der Waals surface area contributed by atoms with Gasteiger partial charge in [-0.2, -0.15) is 0 Å². The summed E-state index contributed by atoms with van der Waals surface area (Å²) in [5.74, 6) is -1.67. The molecule has 0 saturated heterocycles. The van der Waals surface area contributed by atoms with Crippen LogP contribution in [0.3, 0.4) is 0 Å². The van der Waals surface area contributed by atoms with Crippen molar-refractivity contribution in [3.05, 3.63) is 59.7 Å². The number of carbonyl (C=O) groups is 3. The fourth-order valence-corrected chi connectivity index (χ4v) is 3.96. The van der Waals surface area contributed by atoms with Crippen molar-refractivity contribution in [3.8, 4) is 11.1 Å². The van der Waals surface area contributed by atoms with Gasteiger partial charge in [0.25, 0.3) is 0 Å². The lowest BCUT2D eigenvalue weighted by Gasteiger charge is -2.23. The van der Waals surface area contributed by atoms with Crippen LogP contribution >= 0.6 is 0 Å². The standard InChI is InChI=1S/C25H30N2O5/c1-15(12-13-23(28)29)26-24(30)16(2)17(3)27-25(31)32-14-22-20-10-6-4-8-18(20)19-9-5-7-11-21(19)22/h4-11,15-17,22H,12-14H2,1-3H3,(H,26,30)(H,27,31)(H,28,29). The van der Waals surface area contributed by atoms with Crippen LogP contribution in [0, 0.1) is 5.92 Å². The van der Waals surface area contributed by atoms with Crippen molar-refractivity contribution in [1.82, 2.24) is 10.6 Å². The van der Waals surface area contributed by atoms with E-state index in [1.807, 2.05) is 24.3 Å². The van der Waals surface area contributed by atoms with Crippen molar-refractivity contribution in [1.29, 1.82) is 0 Å². The zero-order valence-corrected chi connectivity index (χ0v) is 18.6. The summed E-state index contributed by atoms with van der Waals surface area (Å²) in [7, 11) is 0. The summed E-state index contributed by atoms with van der Waals surface area (Å²) in [5, 5.41) is 14.3. The van der Waals surface area contributed by atoms with E-state index in [9.17, 15) is 14.4 Å². The second-order valence-corrected chi connectivity index (χ2v) is 8.39. The van der Waals surface area contributed by atoms with Gasteiger partial charge < -0.3 is 20.5 Å². The number of aliphatic carboxylic acids is 1. The number of nitrogens with one attached hydrogen (secondary N) is 2. The van der Waals surface area contributed by atoms with Gasteiger partial charge in [0.1, 0.15) is 6.61 Å². The van der Waals surface area contributed by atoms with E-state index in [4.69, 9.17) is 9.84 Å². The largest absolute Gasteiger partial charge is 0.481 e. The number of hydrogen-bond donors (Lipinski definition) is 3. The van der Waals surface area contributed by atoms with E-state index < -0.39 is 24.0 Å². The highest BCUT2D eigenvalue weighted by Gasteiger charge is 2.29. The number of amides is 2. The van der Waals surface area contributed by atoms with Crippen LogP contribution in [0.1, 0.15) is 50.7 Å². The molecule has 170 valence electrons. The van der Waals surface area contributed by atoms with E-state index in [0.717, 1.165) is 22.3 Å². The molecule has 1 aliphatic rings. The Labute approximate surface area is 188 Å². The van der Waals surface area contributed by atoms with Gasteiger partial charge in [-0.15, -0.1) is 0 Å². The molecule has 0 aromatic heterocycles. The monoisotopic (exact) mass is 438 g/mol. The molecule has 0 bridgehead atoms. The third-order valence-electron chi connectivity index (χ3n) is 6.03. The van der Waals surface area contributed by atoms with Crippen LogP contribution in [0.15, 0.2) is 48.5 Å². The molecule has 3 atom stereocenters. The summed E-state index contributed by atoms with van der Waals surface area (Å²) >= 11 is 0. The topological polar surface area (TPSA) is 105 Å². The van der Waals surface area contributed by atoms with Gasteiger partial charge in [0.05, 0.1) is 5.92 Å². The van der Waals surface area contributed by atoms with E-state index in [1.165, 1.54) is 0 Å². The first-order valence-electron chi connectivity index (χ1n) is 10.9. The van der Waals surface area contributed by atoms with Crippen LogP contribution in [0.4, 0.5) is 4.79 Å². The van der Waals surface area contributed by atoms with Gasteiger partial charge >= 0.3 is 12.1 Å². The molecule has 3 rings (SSSR count). The Bertz CT molecular complexity index is 944. The summed E-state index contributed by atoms with van der Waals surface area (Å²) in [5.41, 5.74) is 4.59. The summed E-state index contributed by atoms with van der Waals surface area (Å²) in [6, 6.07) is 15.5. The Hall–Kier alpha value is -3.35. The second-order valence-electron chi connectivity index (χ2n) is 8.39. The molecular formula is C25H30N2O5. The van der Waals surface area contributed by atoms with Crippen LogP contribution < -0.4 is 10.6 Å². The highest BCUT2D eigenvalue weighted by molar-refractivity contribution is 5.81. The molecule has 0 heterocycles. The van der Waals surface area contributed by atoms with Crippen LogP contribution in [0.5, 0.6) is 0 Å². The van der Waals surface area contributed by atoms with Gasteiger partial charge in [-0.05, 0) is 42.5 Å². The molecule has 1 aliphatic carbocycles. The Morgan fingerprint density at radius 1 is 0.938 bits per heavy atom. The summed E-state index contributed by atoms with van der Waals surface area (Å²) < 4.78 is 5.54. The minimum Gasteiger partial charge on any atom is -0.481 e. The van der Waals surface area contributed by atoms with Crippen LogP contribution in [0.25, 0.3) is 11.1 Å². The minimum absolute atomic E-state index is 0.0105. The predicted octanol–water partition coefficient (Wildman–Crippen LogP) is 3.92. The minimum atomic E-state index is -0.899. The predicted molar refractivity (Wildman–Crippen MR) is 121 cm³/mol. The SMILES string of the molecule is CC(CCC(=O)O)NC(=O)C(C)C(C)NC(=O)OCC1c2ccccc2-c2ccccc21. The van der Waals surface area contributed by atoms with Gasteiger partial charge in [-0.25, -0.2) is 4.79 Å². The molecular weight excluding hydrogens is 408 g/mol. The maximum atomic E-state index is 12.4. The second kappa shape index (κ2) is 10.3. The number of carboxylic acids is 1. The average Bonchev–Trinajstić information content (AvgIpc) is 3.09. The number of fused-ring (bicyclic) bond motifs is 3. The number of ether oxygens (including phenoxy) is 1. The molecule has 0 saturated carbocycles. The average molecular weight is 439 g/mol. The Balaban J connectivity index is 1.52. The van der Waals surface area contributed by atoms with Crippen LogP contribution in [-0.4, -0.2) is 41.8 Å². The maximum Gasteiger partial charge on any atom is 0.407 e. The normalized spacial score (nSPS) is 15.1. The molecule has 2 aromatic rings. The van der Waals surface area contributed by atoms with Crippen molar-refractivity contribution < 1.29 is 24.2 Å². The molecule has 2 aromatic carbocycles. The first kappa shape index (κ1) is 23.3. The van der Waals surface area contributed by atoms with Crippen molar-refractivity contribution in [2.24, 2.45) is 5.92 Å². The van der Waals surface area contributed by atoms with E-state index in [1.54, 1.807) is 20.8 Å².